The summed E-state index contributed by atoms with van der Waals surface area (Å²) >= 11 is 1.80. The molecule has 0 radical (unpaired) electrons. The molecule has 5 rings (SSSR count). The molecule has 6 nitrogen and oxygen atoms in total. The van der Waals surface area contributed by atoms with Crippen molar-refractivity contribution in [3.63, 3.8) is 0 Å². The number of hydrogen-bond acceptors (Lipinski definition) is 5. The van der Waals surface area contributed by atoms with Crippen LogP contribution in [0, 0.1) is 13.8 Å². The van der Waals surface area contributed by atoms with Crippen molar-refractivity contribution in [2.24, 2.45) is 0 Å². The predicted molar refractivity (Wildman–Crippen MR) is 115 cm³/mol. The maximum Gasteiger partial charge on any atom is 0.259 e. The van der Waals surface area contributed by atoms with E-state index in [2.05, 4.69) is 44.6 Å². The maximum absolute atomic E-state index is 13.1. The first-order valence-electron chi connectivity index (χ1n) is 9.89. The normalized spacial score (nSPS) is 15.4. The summed E-state index contributed by atoms with van der Waals surface area (Å²) in [7, 11) is 0. The van der Waals surface area contributed by atoms with Crippen LogP contribution < -0.4 is 0 Å². The summed E-state index contributed by atoms with van der Waals surface area (Å²) in [6.45, 7) is 8.06. The first-order valence-corrected chi connectivity index (χ1v) is 10.8. The smallest absolute Gasteiger partial charge is 0.259 e. The minimum atomic E-state index is 0.0260. The van der Waals surface area contributed by atoms with E-state index in [9.17, 15) is 4.79 Å². The van der Waals surface area contributed by atoms with Crippen LogP contribution in [-0.2, 0) is 6.54 Å². The molecule has 0 saturated carbocycles. The highest BCUT2D eigenvalue weighted by molar-refractivity contribution is 7.17. The Labute approximate surface area is 173 Å². The number of benzene rings is 1. The Hall–Kier alpha value is -2.77. The Balaban J connectivity index is 1.29. The molecule has 7 heteroatoms. The Morgan fingerprint density at radius 2 is 1.93 bits per heavy atom. The number of fused-ring (bicyclic) bond motifs is 2. The monoisotopic (exact) mass is 405 g/mol. The molecule has 0 N–H and O–H groups in total. The van der Waals surface area contributed by atoms with Gasteiger partial charge in [-0.15, -0.1) is 11.3 Å². The molecule has 1 amide bonds. The molecular weight excluding hydrogens is 382 g/mol. The molecule has 1 saturated heterocycles. The number of carbonyl (C=O) groups excluding carboxylic acids is 1. The van der Waals surface area contributed by atoms with Gasteiger partial charge in [0.25, 0.3) is 5.91 Å². The summed E-state index contributed by atoms with van der Waals surface area (Å²) in [6, 6.07) is 10.5. The summed E-state index contributed by atoms with van der Waals surface area (Å²) in [4.78, 5) is 22.0. The molecule has 1 aromatic carbocycles. The van der Waals surface area contributed by atoms with Gasteiger partial charge in [-0.25, -0.2) is 9.50 Å². The fraction of sp³-hybridized carbons (Fsp3) is 0.318. The molecule has 1 fully saturated rings. The van der Waals surface area contributed by atoms with Gasteiger partial charge in [0.1, 0.15) is 5.56 Å². The van der Waals surface area contributed by atoms with Gasteiger partial charge >= 0.3 is 0 Å². The second-order valence-corrected chi connectivity index (χ2v) is 8.57. The first-order chi connectivity index (χ1) is 14.1. The molecule has 29 heavy (non-hydrogen) atoms. The molecular formula is C22H23N5OS. The number of nitrogens with zero attached hydrogens (tertiary/aromatic N) is 5. The minimum absolute atomic E-state index is 0.0260. The first kappa shape index (κ1) is 18.3. The Kier molecular flexibility index (Phi) is 4.56. The zero-order chi connectivity index (χ0) is 20.0. The van der Waals surface area contributed by atoms with Crippen LogP contribution in [0.1, 0.15) is 27.3 Å². The van der Waals surface area contributed by atoms with Gasteiger partial charge in [-0.3, -0.25) is 9.69 Å². The van der Waals surface area contributed by atoms with E-state index >= 15 is 0 Å². The molecule has 0 atom stereocenters. The summed E-state index contributed by atoms with van der Waals surface area (Å²) in [6.07, 6.45) is 1.65. The van der Waals surface area contributed by atoms with E-state index in [0.717, 1.165) is 44.1 Å². The zero-order valence-corrected chi connectivity index (χ0v) is 17.4. The highest BCUT2D eigenvalue weighted by Crippen LogP contribution is 2.27. The Morgan fingerprint density at radius 3 is 2.76 bits per heavy atom. The number of aryl methyl sites for hydroxylation is 2. The van der Waals surface area contributed by atoms with Crippen LogP contribution in [0.25, 0.3) is 15.7 Å². The molecule has 0 spiro atoms. The number of thiophene rings is 1. The minimum Gasteiger partial charge on any atom is -0.336 e. The molecule has 4 aromatic rings. The van der Waals surface area contributed by atoms with Crippen LogP contribution >= 0.6 is 11.3 Å². The van der Waals surface area contributed by atoms with Crippen molar-refractivity contribution < 1.29 is 4.79 Å². The number of piperazine rings is 1. The zero-order valence-electron chi connectivity index (χ0n) is 16.6. The van der Waals surface area contributed by atoms with Crippen molar-refractivity contribution in [2.75, 3.05) is 26.2 Å². The lowest BCUT2D eigenvalue weighted by Gasteiger charge is -2.34. The van der Waals surface area contributed by atoms with Crippen molar-refractivity contribution in [3.8, 4) is 0 Å². The second-order valence-electron chi connectivity index (χ2n) is 7.66. The summed E-state index contributed by atoms with van der Waals surface area (Å²) in [5.74, 6) is 0.0260. The molecule has 3 aromatic heterocycles. The Morgan fingerprint density at radius 1 is 1.14 bits per heavy atom. The Bertz CT molecular complexity index is 1200. The summed E-state index contributed by atoms with van der Waals surface area (Å²) < 4.78 is 3.08. The summed E-state index contributed by atoms with van der Waals surface area (Å²) in [5.41, 5.74) is 4.51. The molecule has 0 aliphatic carbocycles. The van der Waals surface area contributed by atoms with Gasteiger partial charge in [-0.05, 0) is 42.3 Å². The van der Waals surface area contributed by atoms with Crippen LogP contribution in [0.5, 0.6) is 0 Å². The van der Waals surface area contributed by atoms with E-state index < -0.39 is 0 Å². The second kappa shape index (κ2) is 7.24. The van der Waals surface area contributed by atoms with Gasteiger partial charge in [-0.1, -0.05) is 18.2 Å². The quantitative estimate of drug-likeness (QED) is 0.523. The fourth-order valence-corrected chi connectivity index (χ4v) is 5.05. The largest absolute Gasteiger partial charge is 0.336 e. The predicted octanol–water partition coefficient (Wildman–Crippen LogP) is 3.52. The van der Waals surface area contributed by atoms with Crippen molar-refractivity contribution in [1.29, 1.82) is 0 Å². The van der Waals surface area contributed by atoms with Crippen LogP contribution in [0.3, 0.4) is 0 Å². The average Bonchev–Trinajstić information content (AvgIpc) is 3.33. The van der Waals surface area contributed by atoms with E-state index in [-0.39, 0.29) is 5.91 Å². The standard InChI is InChI=1S/C22H23N5OS/c1-15-11-16(2)27-21(24-15)19(12-23-27)22(28)26-9-7-25(8-10-26)13-17-14-29-20-6-4-3-5-18(17)20/h3-6,11-12,14H,7-10,13H2,1-2H3. The lowest BCUT2D eigenvalue weighted by molar-refractivity contribution is 0.0630. The molecule has 0 unspecified atom stereocenters. The average molecular weight is 406 g/mol. The highest BCUT2D eigenvalue weighted by Gasteiger charge is 2.25. The molecule has 0 bridgehead atoms. The third kappa shape index (κ3) is 3.30. The lowest BCUT2D eigenvalue weighted by Crippen LogP contribution is -2.48. The number of carbonyl (C=O) groups is 1. The number of amides is 1. The van der Waals surface area contributed by atoms with Gasteiger partial charge in [0.2, 0.25) is 0 Å². The SMILES string of the molecule is Cc1cc(C)n2ncc(C(=O)N3CCN(Cc4csc5ccccc45)CC3)c2n1. The number of hydrogen-bond donors (Lipinski definition) is 0. The van der Waals surface area contributed by atoms with Crippen molar-refractivity contribution in [3.05, 3.63) is 64.4 Å². The van der Waals surface area contributed by atoms with E-state index in [1.807, 2.05) is 24.8 Å². The fourth-order valence-electron chi connectivity index (χ4n) is 4.10. The van der Waals surface area contributed by atoms with E-state index in [1.165, 1.54) is 15.6 Å². The molecule has 1 aliphatic heterocycles. The third-order valence-electron chi connectivity index (χ3n) is 5.62. The van der Waals surface area contributed by atoms with Crippen molar-refractivity contribution in [1.82, 2.24) is 24.4 Å². The van der Waals surface area contributed by atoms with Crippen molar-refractivity contribution in [2.45, 2.75) is 20.4 Å². The topological polar surface area (TPSA) is 53.7 Å². The van der Waals surface area contributed by atoms with Crippen molar-refractivity contribution >= 4 is 33.0 Å². The van der Waals surface area contributed by atoms with Gasteiger partial charge in [0.05, 0.1) is 6.20 Å². The number of rotatable bonds is 3. The molecule has 4 heterocycles. The van der Waals surface area contributed by atoms with Crippen LogP contribution in [0.15, 0.2) is 41.9 Å². The maximum atomic E-state index is 13.1. The van der Waals surface area contributed by atoms with Gasteiger partial charge in [-0.2, -0.15) is 5.10 Å². The van der Waals surface area contributed by atoms with Gasteiger partial charge in [0, 0.05) is 48.8 Å². The van der Waals surface area contributed by atoms with Gasteiger partial charge in [0.15, 0.2) is 5.65 Å². The summed E-state index contributed by atoms with van der Waals surface area (Å²) in [5, 5.41) is 7.97. The van der Waals surface area contributed by atoms with E-state index in [4.69, 9.17) is 0 Å². The third-order valence-corrected chi connectivity index (χ3v) is 6.64. The van der Waals surface area contributed by atoms with Crippen LogP contribution in [0.4, 0.5) is 0 Å². The molecule has 1 aliphatic rings. The number of aromatic nitrogens is 3. The van der Waals surface area contributed by atoms with Gasteiger partial charge < -0.3 is 4.90 Å². The van der Waals surface area contributed by atoms with E-state index in [1.54, 1.807) is 22.0 Å². The molecule has 148 valence electrons. The lowest BCUT2D eigenvalue weighted by atomic mass is 10.1. The van der Waals surface area contributed by atoms with E-state index in [0.29, 0.717) is 11.2 Å². The highest BCUT2D eigenvalue weighted by atomic mass is 32.1. The van der Waals surface area contributed by atoms with Crippen LogP contribution in [-0.4, -0.2) is 56.5 Å². The van der Waals surface area contributed by atoms with Crippen LogP contribution in [0.2, 0.25) is 0 Å².